The molecule has 6 heteroatoms. The number of aryl methyl sites for hydroxylation is 1. The smallest absolute Gasteiger partial charge is 0.312 e. The molecule has 29 heavy (non-hydrogen) atoms. The first-order valence-electron chi connectivity index (χ1n) is 9.68. The fourth-order valence-electron chi connectivity index (χ4n) is 4.08. The number of urea groups is 1. The van der Waals surface area contributed by atoms with Gasteiger partial charge in [-0.15, -0.1) is 11.3 Å². The van der Waals surface area contributed by atoms with Crippen molar-refractivity contribution in [2.45, 2.75) is 32.7 Å². The van der Waals surface area contributed by atoms with E-state index in [0.717, 1.165) is 41.5 Å². The Labute approximate surface area is 173 Å². The SMILES string of the molecule is CCc1c(C)sc2c1CCN(C(=O)Nc1cc(F)ccc1F)[C@@H]2c1ccccc1. The highest BCUT2D eigenvalue weighted by atomic mass is 32.1. The van der Waals surface area contributed by atoms with Gasteiger partial charge in [-0.3, -0.25) is 0 Å². The minimum absolute atomic E-state index is 0.149. The van der Waals surface area contributed by atoms with Crippen molar-refractivity contribution in [2.24, 2.45) is 0 Å². The van der Waals surface area contributed by atoms with Crippen LogP contribution >= 0.6 is 11.3 Å². The van der Waals surface area contributed by atoms with E-state index >= 15 is 0 Å². The number of amides is 2. The average molecular weight is 413 g/mol. The van der Waals surface area contributed by atoms with Crippen molar-refractivity contribution in [3.63, 3.8) is 0 Å². The normalized spacial score (nSPS) is 15.9. The molecule has 150 valence electrons. The van der Waals surface area contributed by atoms with Crippen LogP contribution in [0.25, 0.3) is 0 Å². The first-order valence-corrected chi connectivity index (χ1v) is 10.5. The lowest BCUT2D eigenvalue weighted by Gasteiger charge is -2.36. The maximum Gasteiger partial charge on any atom is 0.322 e. The number of fused-ring (bicyclic) bond motifs is 1. The molecule has 1 atom stereocenters. The molecule has 2 aromatic carbocycles. The van der Waals surface area contributed by atoms with E-state index in [4.69, 9.17) is 0 Å². The molecule has 2 heterocycles. The van der Waals surface area contributed by atoms with Crippen molar-refractivity contribution in [3.05, 3.63) is 86.6 Å². The first-order chi connectivity index (χ1) is 14.0. The van der Waals surface area contributed by atoms with Crippen LogP contribution in [0.3, 0.4) is 0 Å². The van der Waals surface area contributed by atoms with E-state index in [1.165, 1.54) is 16.0 Å². The van der Waals surface area contributed by atoms with Crippen LogP contribution in [0, 0.1) is 18.6 Å². The molecular formula is C23H22F2N2OS. The summed E-state index contributed by atoms with van der Waals surface area (Å²) < 4.78 is 27.6. The lowest BCUT2D eigenvalue weighted by molar-refractivity contribution is 0.195. The van der Waals surface area contributed by atoms with Gasteiger partial charge in [-0.25, -0.2) is 13.6 Å². The van der Waals surface area contributed by atoms with E-state index in [1.807, 2.05) is 30.3 Å². The van der Waals surface area contributed by atoms with E-state index < -0.39 is 17.7 Å². The molecule has 0 saturated heterocycles. The molecule has 4 rings (SSSR count). The predicted molar refractivity (Wildman–Crippen MR) is 113 cm³/mol. The number of halogens is 2. The third-order valence-electron chi connectivity index (χ3n) is 5.41. The number of benzene rings is 2. The van der Waals surface area contributed by atoms with Gasteiger partial charge in [0, 0.05) is 22.4 Å². The summed E-state index contributed by atoms with van der Waals surface area (Å²) in [7, 11) is 0. The molecular weight excluding hydrogens is 390 g/mol. The molecule has 1 N–H and O–H groups in total. The molecule has 0 radical (unpaired) electrons. The molecule has 1 aromatic heterocycles. The number of thiophene rings is 1. The molecule has 3 nitrogen and oxygen atoms in total. The Hall–Kier alpha value is -2.73. The standard InChI is InChI=1S/C23H22F2N2OS/c1-3-17-14(2)29-22-18(17)11-12-27(21(22)15-7-5-4-6-8-15)23(28)26-20-13-16(24)9-10-19(20)25/h4-10,13,21H,3,11-12H2,1-2H3,(H,26,28)/t21-/m1/s1. The Balaban J connectivity index is 1.73. The third kappa shape index (κ3) is 3.65. The van der Waals surface area contributed by atoms with Crippen LogP contribution in [0.15, 0.2) is 48.5 Å². The molecule has 3 aromatic rings. The fraction of sp³-hybridized carbons (Fsp3) is 0.261. The summed E-state index contributed by atoms with van der Waals surface area (Å²) in [4.78, 5) is 17.3. The van der Waals surface area contributed by atoms with Crippen molar-refractivity contribution in [1.82, 2.24) is 4.90 Å². The number of hydrogen-bond donors (Lipinski definition) is 1. The second-order valence-electron chi connectivity index (χ2n) is 7.14. The molecule has 0 unspecified atom stereocenters. The summed E-state index contributed by atoms with van der Waals surface area (Å²) >= 11 is 1.72. The van der Waals surface area contributed by atoms with Crippen LogP contribution in [-0.4, -0.2) is 17.5 Å². The monoisotopic (exact) mass is 412 g/mol. The van der Waals surface area contributed by atoms with Crippen LogP contribution in [-0.2, 0) is 12.8 Å². The third-order valence-corrected chi connectivity index (χ3v) is 6.65. The Morgan fingerprint density at radius 3 is 2.69 bits per heavy atom. The average Bonchev–Trinajstić information content (AvgIpc) is 3.05. The van der Waals surface area contributed by atoms with Gasteiger partial charge >= 0.3 is 6.03 Å². The maximum absolute atomic E-state index is 14.1. The lowest BCUT2D eigenvalue weighted by Crippen LogP contribution is -2.42. The highest BCUT2D eigenvalue weighted by Gasteiger charge is 2.35. The van der Waals surface area contributed by atoms with Crippen molar-refractivity contribution in [3.8, 4) is 0 Å². The quantitative estimate of drug-likeness (QED) is 0.556. The van der Waals surface area contributed by atoms with E-state index in [9.17, 15) is 13.6 Å². The Kier molecular flexibility index (Phi) is 5.37. The Morgan fingerprint density at radius 1 is 1.21 bits per heavy atom. The zero-order chi connectivity index (χ0) is 20.5. The van der Waals surface area contributed by atoms with Gasteiger partial charge in [-0.2, -0.15) is 0 Å². The van der Waals surface area contributed by atoms with Gasteiger partial charge in [0.25, 0.3) is 0 Å². The van der Waals surface area contributed by atoms with Crippen LogP contribution in [0.2, 0.25) is 0 Å². The maximum atomic E-state index is 14.1. The minimum Gasteiger partial charge on any atom is -0.312 e. The number of rotatable bonds is 3. The van der Waals surface area contributed by atoms with Gasteiger partial charge < -0.3 is 10.2 Å². The molecule has 1 aliphatic rings. The topological polar surface area (TPSA) is 32.3 Å². The Bertz CT molecular complexity index is 1050. The van der Waals surface area contributed by atoms with Gasteiger partial charge in [0.15, 0.2) is 0 Å². The fourth-order valence-corrected chi connectivity index (χ4v) is 5.52. The molecule has 0 saturated carbocycles. The van der Waals surface area contributed by atoms with Gasteiger partial charge in [-0.1, -0.05) is 37.3 Å². The van der Waals surface area contributed by atoms with E-state index in [1.54, 1.807) is 16.2 Å². The molecule has 0 aliphatic carbocycles. The summed E-state index contributed by atoms with van der Waals surface area (Å²) in [6, 6.07) is 12.2. The zero-order valence-corrected chi connectivity index (χ0v) is 17.2. The Morgan fingerprint density at radius 2 is 1.97 bits per heavy atom. The number of carbonyl (C=O) groups excluding carboxylic acids is 1. The number of nitrogens with zero attached hydrogens (tertiary/aromatic N) is 1. The van der Waals surface area contributed by atoms with Gasteiger partial charge in [-0.05, 0) is 48.6 Å². The summed E-state index contributed by atoms with van der Waals surface area (Å²) in [5, 5.41) is 2.56. The van der Waals surface area contributed by atoms with Crippen LogP contribution in [0.4, 0.5) is 19.3 Å². The molecule has 0 fully saturated rings. The highest BCUT2D eigenvalue weighted by Crippen LogP contribution is 2.43. The van der Waals surface area contributed by atoms with Crippen LogP contribution < -0.4 is 5.32 Å². The molecule has 2 amide bonds. The summed E-state index contributed by atoms with van der Waals surface area (Å²) in [5.74, 6) is -1.25. The minimum atomic E-state index is -0.658. The van der Waals surface area contributed by atoms with Crippen molar-refractivity contribution in [2.75, 3.05) is 11.9 Å². The predicted octanol–water partition coefficient (Wildman–Crippen LogP) is 6.08. The van der Waals surface area contributed by atoms with Crippen LogP contribution in [0.5, 0.6) is 0 Å². The summed E-state index contributed by atoms with van der Waals surface area (Å²) in [6.07, 6.45) is 1.71. The second kappa shape index (κ2) is 7.95. The van der Waals surface area contributed by atoms with Crippen molar-refractivity contribution < 1.29 is 13.6 Å². The van der Waals surface area contributed by atoms with E-state index in [2.05, 4.69) is 19.2 Å². The van der Waals surface area contributed by atoms with Crippen molar-refractivity contribution >= 4 is 23.1 Å². The molecule has 0 bridgehead atoms. The summed E-state index contributed by atoms with van der Waals surface area (Å²) in [5.41, 5.74) is 3.54. The molecule has 1 aliphatic heterocycles. The number of nitrogens with one attached hydrogen (secondary N) is 1. The highest BCUT2D eigenvalue weighted by molar-refractivity contribution is 7.12. The second-order valence-corrected chi connectivity index (χ2v) is 8.40. The van der Waals surface area contributed by atoms with E-state index in [0.29, 0.717) is 6.54 Å². The molecule has 0 spiro atoms. The van der Waals surface area contributed by atoms with Crippen LogP contribution in [0.1, 0.15) is 39.4 Å². The number of carbonyl (C=O) groups is 1. The van der Waals surface area contributed by atoms with Crippen molar-refractivity contribution in [1.29, 1.82) is 0 Å². The first kappa shape index (κ1) is 19.6. The lowest BCUT2D eigenvalue weighted by atomic mass is 9.92. The van der Waals surface area contributed by atoms with Gasteiger partial charge in [0.2, 0.25) is 0 Å². The summed E-state index contributed by atoms with van der Waals surface area (Å²) in [6.45, 7) is 4.79. The number of anilines is 1. The zero-order valence-electron chi connectivity index (χ0n) is 16.3. The van der Waals surface area contributed by atoms with E-state index in [-0.39, 0.29) is 11.7 Å². The largest absolute Gasteiger partial charge is 0.322 e. The number of hydrogen-bond acceptors (Lipinski definition) is 2. The van der Waals surface area contributed by atoms with Gasteiger partial charge in [0.1, 0.15) is 11.6 Å². The van der Waals surface area contributed by atoms with Gasteiger partial charge in [0.05, 0.1) is 11.7 Å².